The third kappa shape index (κ3) is 3.10. The predicted molar refractivity (Wildman–Crippen MR) is 86.8 cm³/mol. The number of hydrogen-bond acceptors (Lipinski definition) is 3. The van der Waals surface area contributed by atoms with Gasteiger partial charge in [-0.1, -0.05) is 24.4 Å². The van der Waals surface area contributed by atoms with E-state index in [0.29, 0.717) is 24.2 Å². The normalized spacial score (nSPS) is 26.8. The zero-order valence-electron chi connectivity index (χ0n) is 12.4. The van der Waals surface area contributed by atoms with Crippen LogP contribution in [0.15, 0.2) is 18.2 Å². The van der Waals surface area contributed by atoms with E-state index < -0.39 is 0 Å². The number of benzene rings is 1. The van der Waals surface area contributed by atoms with Gasteiger partial charge in [0, 0.05) is 42.8 Å². The van der Waals surface area contributed by atoms with E-state index in [4.69, 9.17) is 18.0 Å². The minimum Gasteiger partial charge on any atom is -0.389 e. The van der Waals surface area contributed by atoms with Gasteiger partial charge in [0.25, 0.3) is 0 Å². The molecule has 1 aromatic rings. The summed E-state index contributed by atoms with van der Waals surface area (Å²) in [7, 11) is 2.23. The predicted octanol–water partition coefficient (Wildman–Crippen LogP) is 2.13. The van der Waals surface area contributed by atoms with Crippen molar-refractivity contribution in [2.24, 2.45) is 5.73 Å². The molecule has 3 rings (SSSR count). The molecule has 2 N–H and O–H groups in total. The van der Waals surface area contributed by atoms with E-state index in [1.165, 1.54) is 25.3 Å². The van der Waals surface area contributed by atoms with Crippen molar-refractivity contribution in [3.05, 3.63) is 35.1 Å². The third-order valence-corrected chi connectivity index (χ3v) is 5.20. The van der Waals surface area contributed by atoms with Crippen LogP contribution in [0.4, 0.5) is 4.39 Å². The topological polar surface area (TPSA) is 32.5 Å². The molecule has 0 aliphatic carbocycles. The van der Waals surface area contributed by atoms with Gasteiger partial charge in [-0.25, -0.2) is 4.39 Å². The van der Waals surface area contributed by atoms with Crippen molar-refractivity contribution in [3.8, 4) is 0 Å². The third-order valence-electron chi connectivity index (χ3n) is 4.96. The molecule has 114 valence electrons. The van der Waals surface area contributed by atoms with Crippen LogP contribution in [0, 0.1) is 5.82 Å². The van der Waals surface area contributed by atoms with Crippen molar-refractivity contribution in [1.29, 1.82) is 0 Å². The highest BCUT2D eigenvalue weighted by molar-refractivity contribution is 7.80. The highest BCUT2D eigenvalue weighted by atomic mass is 32.1. The lowest BCUT2D eigenvalue weighted by atomic mass is 10.1. The quantitative estimate of drug-likeness (QED) is 0.867. The Morgan fingerprint density at radius 1 is 1.33 bits per heavy atom. The van der Waals surface area contributed by atoms with Crippen LogP contribution in [-0.4, -0.2) is 47.0 Å². The molecule has 21 heavy (non-hydrogen) atoms. The minimum atomic E-state index is -0.205. The zero-order chi connectivity index (χ0) is 15.0. The van der Waals surface area contributed by atoms with E-state index >= 15 is 0 Å². The Morgan fingerprint density at radius 3 is 2.81 bits per heavy atom. The first-order valence-corrected chi connectivity index (χ1v) is 7.98. The Labute approximate surface area is 130 Å². The fourth-order valence-electron chi connectivity index (χ4n) is 3.59. The Bertz CT molecular complexity index is 548. The average molecular weight is 307 g/mol. The Hall–Kier alpha value is -1.04. The molecule has 2 unspecified atom stereocenters. The van der Waals surface area contributed by atoms with E-state index in [-0.39, 0.29) is 10.8 Å². The molecule has 0 aromatic heterocycles. The summed E-state index contributed by atoms with van der Waals surface area (Å²) in [4.78, 5) is 5.13. The summed E-state index contributed by atoms with van der Waals surface area (Å²) in [6.45, 7) is 2.74. The van der Waals surface area contributed by atoms with E-state index in [0.717, 1.165) is 18.7 Å². The molecule has 2 bridgehead atoms. The molecule has 0 radical (unpaired) electrons. The molecule has 0 spiro atoms. The highest BCUT2D eigenvalue weighted by Gasteiger charge is 2.34. The molecule has 2 aliphatic heterocycles. The number of likely N-dealkylation sites (tertiary alicyclic amines) is 1. The maximum Gasteiger partial charge on any atom is 0.128 e. The van der Waals surface area contributed by atoms with Gasteiger partial charge in [-0.3, -0.25) is 9.80 Å². The largest absolute Gasteiger partial charge is 0.389 e. The van der Waals surface area contributed by atoms with Gasteiger partial charge in [-0.15, -0.1) is 0 Å². The van der Waals surface area contributed by atoms with Crippen molar-refractivity contribution in [2.75, 3.05) is 20.1 Å². The maximum absolute atomic E-state index is 14.2. The van der Waals surface area contributed by atoms with Gasteiger partial charge >= 0.3 is 0 Å². The summed E-state index contributed by atoms with van der Waals surface area (Å²) in [5, 5.41) is 0. The second-order valence-corrected chi connectivity index (χ2v) is 6.68. The number of halogens is 1. The molecule has 2 aliphatic rings. The number of likely N-dealkylation sites (N-methyl/N-ethyl adjacent to an activating group) is 1. The fraction of sp³-hybridized carbons (Fsp3) is 0.562. The summed E-state index contributed by atoms with van der Waals surface area (Å²) in [6, 6.07) is 6.42. The standard InChI is InChI=1S/C16H22FN3S/c1-19-13-4-5-14(19)10-20(7-6-13)9-12-3-2-11(16(18)21)8-15(12)17/h2-3,8,13-14H,4-7,9-10H2,1H3,(H2,18,21). The first kappa shape index (κ1) is 14.9. The maximum atomic E-state index is 14.2. The number of nitrogens with zero attached hydrogens (tertiary/aromatic N) is 2. The van der Waals surface area contributed by atoms with Crippen molar-refractivity contribution < 1.29 is 4.39 Å². The Balaban J connectivity index is 1.70. The van der Waals surface area contributed by atoms with Crippen LogP contribution in [0.1, 0.15) is 30.4 Å². The number of thiocarbonyl (C=S) groups is 1. The Morgan fingerprint density at radius 2 is 2.10 bits per heavy atom. The lowest BCUT2D eigenvalue weighted by Crippen LogP contribution is -2.36. The van der Waals surface area contributed by atoms with Crippen LogP contribution in [0.25, 0.3) is 0 Å². The molecule has 2 heterocycles. The fourth-order valence-corrected chi connectivity index (χ4v) is 3.72. The monoisotopic (exact) mass is 307 g/mol. The minimum absolute atomic E-state index is 0.205. The summed E-state index contributed by atoms with van der Waals surface area (Å²) < 4.78 is 14.2. The van der Waals surface area contributed by atoms with Gasteiger partial charge in [-0.2, -0.15) is 0 Å². The lowest BCUT2D eigenvalue weighted by Gasteiger charge is -2.25. The Kier molecular flexibility index (Phi) is 4.24. The van der Waals surface area contributed by atoms with Crippen molar-refractivity contribution in [2.45, 2.75) is 37.9 Å². The molecule has 1 aromatic carbocycles. The van der Waals surface area contributed by atoms with Gasteiger partial charge < -0.3 is 5.73 Å². The number of rotatable bonds is 3. The molecule has 0 amide bonds. The van der Waals surface area contributed by atoms with Gasteiger partial charge in [0.2, 0.25) is 0 Å². The zero-order valence-corrected chi connectivity index (χ0v) is 13.2. The van der Waals surface area contributed by atoms with Gasteiger partial charge in [-0.05, 0) is 32.4 Å². The van der Waals surface area contributed by atoms with Crippen LogP contribution < -0.4 is 5.73 Å². The SMILES string of the molecule is CN1C2CCC1CN(Cc1ccc(C(N)=S)cc1F)CC2. The summed E-state index contributed by atoms with van der Waals surface area (Å²) in [5.41, 5.74) is 6.87. The van der Waals surface area contributed by atoms with Crippen LogP contribution in [0.2, 0.25) is 0 Å². The lowest BCUT2D eigenvalue weighted by molar-refractivity contribution is 0.213. The number of fused-ring (bicyclic) bond motifs is 2. The molecule has 5 heteroatoms. The van der Waals surface area contributed by atoms with E-state index in [1.54, 1.807) is 0 Å². The number of hydrogen-bond donors (Lipinski definition) is 1. The molecule has 3 nitrogen and oxygen atoms in total. The second-order valence-electron chi connectivity index (χ2n) is 6.24. The van der Waals surface area contributed by atoms with Crippen LogP contribution >= 0.6 is 12.2 Å². The molecule has 2 atom stereocenters. The smallest absolute Gasteiger partial charge is 0.128 e. The summed E-state index contributed by atoms with van der Waals surface area (Å²) >= 11 is 4.89. The molecule has 2 saturated heterocycles. The first-order chi connectivity index (χ1) is 10.0. The van der Waals surface area contributed by atoms with E-state index in [1.807, 2.05) is 12.1 Å². The molecule has 0 saturated carbocycles. The molecule has 2 fully saturated rings. The number of nitrogens with two attached hydrogens (primary N) is 1. The van der Waals surface area contributed by atoms with Crippen LogP contribution in [-0.2, 0) is 6.54 Å². The van der Waals surface area contributed by atoms with E-state index in [9.17, 15) is 4.39 Å². The summed E-state index contributed by atoms with van der Waals surface area (Å²) in [5.74, 6) is -0.205. The first-order valence-electron chi connectivity index (χ1n) is 7.57. The van der Waals surface area contributed by atoms with Gasteiger partial charge in [0.05, 0.1) is 0 Å². The van der Waals surface area contributed by atoms with Gasteiger partial charge in [0.15, 0.2) is 0 Å². The van der Waals surface area contributed by atoms with Crippen molar-refractivity contribution in [3.63, 3.8) is 0 Å². The van der Waals surface area contributed by atoms with Crippen LogP contribution in [0.3, 0.4) is 0 Å². The van der Waals surface area contributed by atoms with Crippen molar-refractivity contribution in [1.82, 2.24) is 9.80 Å². The molecular formula is C16H22FN3S. The highest BCUT2D eigenvalue weighted by Crippen LogP contribution is 2.29. The van der Waals surface area contributed by atoms with Crippen LogP contribution in [0.5, 0.6) is 0 Å². The summed E-state index contributed by atoms with van der Waals surface area (Å²) in [6.07, 6.45) is 3.76. The van der Waals surface area contributed by atoms with Gasteiger partial charge in [0.1, 0.15) is 10.8 Å². The second kappa shape index (κ2) is 5.99. The van der Waals surface area contributed by atoms with E-state index in [2.05, 4.69) is 16.8 Å². The average Bonchev–Trinajstić information content (AvgIpc) is 2.68. The molecular weight excluding hydrogens is 285 g/mol. The van der Waals surface area contributed by atoms with Crippen molar-refractivity contribution >= 4 is 17.2 Å².